The second kappa shape index (κ2) is 11.2. The van der Waals surface area contributed by atoms with Crippen molar-refractivity contribution in [3.8, 4) is 27.6 Å². The molecule has 1 aliphatic heterocycles. The molecule has 5 aromatic rings. The zero-order valence-electron chi connectivity index (χ0n) is 23.1. The van der Waals surface area contributed by atoms with E-state index in [1.807, 2.05) is 73.4 Å². The Bertz CT molecular complexity index is 1720. The van der Waals surface area contributed by atoms with Gasteiger partial charge in [0.25, 0.3) is 5.91 Å². The number of nitrogens with two attached hydrogens (primary N) is 1. The number of carbonyl (C=O) groups is 1. The molecule has 0 aliphatic carbocycles. The third-order valence-corrected chi connectivity index (χ3v) is 8.96. The van der Waals surface area contributed by atoms with Gasteiger partial charge in [0.2, 0.25) is 0 Å². The smallest absolute Gasteiger partial charge is 0.262 e. The minimum absolute atomic E-state index is 0.126. The number of primary amides is 1. The van der Waals surface area contributed by atoms with Crippen LogP contribution >= 0.6 is 22.9 Å². The fraction of sp³-hybridized carbons (Fsp3) is 0.300. The summed E-state index contributed by atoms with van der Waals surface area (Å²) in [6.07, 6.45) is 7.11. The van der Waals surface area contributed by atoms with Gasteiger partial charge in [-0.05, 0) is 50.6 Å². The average molecular weight is 591 g/mol. The van der Waals surface area contributed by atoms with Gasteiger partial charge in [0.15, 0.2) is 0 Å². The van der Waals surface area contributed by atoms with Crippen molar-refractivity contribution in [3.05, 3.63) is 76.6 Å². The first-order valence-electron chi connectivity index (χ1n) is 13.5. The Hall–Kier alpha value is -3.86. The summed E-state index contributed by atoms with van der Waals surface area (Å²) in [6, 6.07) is 13.6. The van der Waals surface area contributed by atoms with E-state index in [1.54, 1.807) is 11.0 Å². The SMILES string of the molecule is CC(Oc1cc(-n2cnc3cc(-c4cnn(C)c4)ccc32)sc1C(N)=O)c1cccc(OC2CCN(C)CC2)c1Cl. The molecule has 0 saturated carbocycles. The van der Waals surface area contributed by atoms with Gasteiger partial charge in [-0.2, -0.15) is 5.10 Å². The summed E-state index contributed by atoms with van der Waals surface area (Å²) in [5.74, 6) is 0.486. The van der Waals surface area contributed by atoms with Crippen LogP contribution in [0, 0.1) is 0 Å². The molecule has 1 atom stereocenters. The Labute approximate surface area is 247 Å². The van der Waals surface area contributed by atoms with Gasteiger partial charge in [-0.3, -0.25) is 14.0 Å². The lowest BCUT2D eigenvalue weighted by Crippen LogP contribution is -2.35. The lowest BCUT2D eigenvalue weighted by molar-refractivity contribution is 0.0998. The number of hydrogen-bond acceptors (Lipinski definition) is 7. The molecule has 1 amide bonds. The van der Waals surface area contributed by atoms with E-state index < -0.39 is 12.0 Å². The maximum absolute atomic E-state index is 12.4. The molecule has 0 radical (unpaired) electrons. The van der Waals surface area contributed by atoms with Gasteiger partial charge in [0.05, 0.1) is 22.3 Å². The van der Waals surface area contributed by atoms with E-state index in [-0.39, 0.29) is 6.10 Å². The number of fused-ring (bicyclic) bond motifs is 1. The molecule has 1 unspecified atom stereocenters. The number of rotatable bonds is 8. The first-order chi connectivity index (χ1) is 19.8. The van der Waals surface area contributed by atoms with Gasteiger partial charge in [-0.25, -0.2) is 4.98 Å². The van der Waals surface area contributed by atoms with E-state index in [0.717, 1.165) is 58.7 Å². The maximum atomic E-state index is 12.4. The zero-order valence-corrected chi connectivity index (χ0v) is 24.7. The van der Waals surface area contributed by atoms with E-state index in [9.17, 15) is 4.79 Å². The fourth-order valence-corrected chi connectivity index (χ4v) is 6.40. The summed E-state index contributed by atoms with van der Waals surface area (Å²) < 4.78 is 16.3. The van der Waals surface area contributed by atoms with Crippen LogP contribution in [-0.2, 0) is 7.05 Å². The van der Waals surface area contributed by atoms with Crippen LogP contribution in [0.15, 0.2) is 61.2 Å². The van der Waals surface area contributed by atoms with Crippen LogP contribution < -0.4 is 15.2 Å². The van der Waals surface area contributed by atoms with Crippen LogP contribution in [0.4, 0.5) is 0 Å². The molecule has 1 aliphatic rings. The number of thiophene rings is 1. The van der Waals surface area contributed by atoms with Crippen molar-refractivity contribution in [1.82, 2.24) is 24.2 Å². The Balaban J connectivity index is 1.25. The van der Waals surface area contributed by atoms with E-state index >= 15 is 0 Å². The number of halogens is 1. The molecule has 3 aromatic heterocycles. The molecule has 1 fully saturated rings. The van der Waals surface area contributed by atoms with Crippen molar-refractivity contribution >= 4 is 39.9 Å². The molecule has 0 spiro atoms. The Kier molecular flexibility index (Phi) is 7.46. The molecule has 1 saturated heterocycles. The van der Waals surface area contributed by atoms with Gasteiger partial charge in [-0.1, -0.05) is 29.8 Å². The number of aromatic nitrogens is 4. The van der Waals surface area contributed by atoms with Gasteiger partial charge >= 0.3 is 0 Å². The Morgan fingerprint density at radius 1 is 1.12 bits per heavy atom. The third kappa shape index (κ3) is 5.55. The average Bonchev–Trinajstić information content (AvgIpc) is 3.69. The molecular formula is C30H31ClN6O3S. The summed E-state index contributed by atoms with van der Waals surface area (Å²) in [4.78, 5) is 19.7. The van der Waals surface area contributed by atoms with Crippen LogP contribution in [-0.4, -0.2) is 56.4 Å². The number of benzene rings is 2. The van der Waals surface area contributed by atoms with Gasteiger partial charge in [0, 0.05) is 43.5 Å². The predicted octanol–water partition coefficient (Wildman–Crippen LogP) is 5.85. The van der Waals surface area contributed by atoms with Crippen molar-refractivity contribution < 1.29 is 14.3 Å². The highest BCUT2D eigenvalue weighted by Gasteiger charge is 2.24. The maximum Gasteiger partial charge on any atom is 0.262 e. The fourth-order valence-electron chi connectivity index (χ4n) is 5.15. The van der Waals surface area contributed by atoms with Gasteiger partial charge in [0.1, 0.15) is 39.9 Å². The number of imidazole rings is 1. The van der Waals surface area contributed by atoms with Crippen molar-refractivity contribution in [2.45, 2.75) is 32.0 Å². The predicted molar refractivity (Wildman–Crippen MR) is 161 cm³/mol. The lowest BCUT2D eigenvalue weighted by atomic mass is 10.1. The standard InChI is InChI=1S/C30H31ClN6O3S/c1-18(22-5-4-6-25(28(22)31)40-21-9-11-35(2)12-10-21)39-26-14-27(41-29(26)30(32)38)37-17-33-23-13-19(7-8-24(23)37)20-15-34-36(3)16-20/h4-8,13-18,21H,9-12H2,1-3H3,(H2,32,38). The normalized spacial score (nSPS) is 15.3. The molecule has 9 nitrogen and oxygen atoms in total. The number of nitrogens with zero attached hydrogens (tertiary/aromatic N) is 5. The highest BCUT2D eigenvalue weighted by molar-refractivity contribution is 7.16. The summed E-state index contributed by atoms with van der Waals surface area (Å²) in [7, 11) is 4.01. The minimum atomic E-state index is -0.558. The highest BCUT2D eigenvalue weighted by atomic mass is 35.5. The second-order valence-corrected chi connectivity index (χ2v) is 11.8. The number of piperidine rings is 1. The molecule has 11 heteroatoms. The van der Waals surface area contributed by atoms with Crippen molar-refractivity contribution in [2.24, 2.45) is 12.8 Å². The molecule has 2 aromatic carbocycles. The van der Waals surface area contributed by atoms with Crippen molar-refractivity contribution in [2.75, 3.05) is 20.1 Å². The molecular weight excluding hydrogens is 560 g/mol. The quantitative estimate of drug-likeness (QED) is 0.243. The highest BCUT2D eigenvalue weighted by Crippen LogP contribution is 2.39. The van der Waals surface area contributed by atoms with E-state index in [4.69, 9.17) is 26.8 Å². The number of aryl methyl sites for hydroxylation is 1. The van der Waals surface area contributed by atoms with E-state index in [1.165, 1.54) is 11.3 Å². The van der Waals surface area contributed by atoms with Crippen LogP contribution in [0.1, 0.15) is 41.1 Å². The number of likely N-dealkylation sites (tertiary alicyclic amines) is 1. The molecule has 2 N–H and O–H groups in total. The van der Waals surface area contributed by atoms with Crippen LogP contribution in [0.25, 0.3) is 27.2 Å². The van der Waals surface area contributed by atoms with E-state index in [2.05, 4.69) is 22.0 Å². The Morgan fingerprint density at radius 2 is 1.93 bits per heavy atom. The second-order valence-electron chi connectivity index (χ2n) is 10.4. The van der Waals surface area contributed by atoms with Crippen LogP contribution in [0.5, 0.6) is 11.5 Å². The van der Waals surface area contributed by atoms with Crippen molar-refractivity contribution in [1.29, 1.82) is 0 Å². The number of ether oxygens (including phenoxy) is 2. The first-order valence-corrected chi connectivity index (χ1v) is 14.7. The minimum Gasteiger partial charge on any atom is -0.489 e. The lowest BCUT2D eigenvalue weighted by Gasteiger charge is -2.30. The van der Waals surface area contributed by atoms with Crippen LogP contribution in [0.2, 0.25) is 5.02 Å². The zero-order chi connectivity index (χ0) is 28.7. The topological polar surface area (TPSA) is 100 Å². The Morgan fingerprint density at radius 3 is 2.66 bits per heavy atom. The summed E-state index contributed by atoms with van der Waals surface area (Å²) in [5.41, 5.74) is 10.3. The third-order valence-electron chi connectivity index (χ3n) is 7.43. The molecule has 4 heterocycles. The summed E-state index contributed by atoms with van der Waals surface area (Å²) >= 11 is 8.07. The number of carbonyl (C=O) groups excluding carboxylic acids is 1. The molecule has 212 valence electrons. The summed E-state index contributed by atoms with van der Waals surface area (Å²) in [5, 5.41) is 5.54. The molecule has 41 heavy (non-hydrogen) atoms. The monoisotopic (exact) mass is 590 g/mol. The number of hydrogen-bond donors (Lipinski definition) is 1. The van der Waals surface area contributed by atoms with E-state index in [0.29, 0.717) is 21.4 Å². The van der Waals surface area contributed by atoms with Crippen LogP contribution in [0.3, 0.4) is 0 Å². The van der Waals surface area contributed by atoms with Gasteiger partial charge < -0.3 is 20.1 Å². The number of amides is 1. The molecule has 0 bridgehead atoms. The summed E-state index contributed by atoms with van der Waals surface area (Å²) in [6.45, 7) is 3.89. The van der Waals surface area contributed by atoms with Gasteiger partial charge in [-0.15, -0.1) is 11.3 Å². The van der Waals surface area contributed by atoms with Crippen molar-refractivity contribution in [3.63, 3.8) is 0 Å². The largest absolute Gasteiger partial charge is 0.489 e. The molecule has 6 rings (SSSR count). The first kappa shape index (κ1) is 27.3.